The number of hydrogen-bond acceptors (Lipinski definition) is 5. The summed E-state index contributed by atoms with van der Waals surface area (Å²) in [5, 5.41) is 2.50. The fraction of sp³-hybridized carbons (Fsp3) is 0.333. The van der Waals surface area contributed by atoms with Gasteiger partial charge in [0.15, 0.2) is 24.7 Å². The van der Waals surface area contributed by atoms with Gasteiger partial charge < -0.3 is 19.5 Å². The van der Waals surface area contributed by atoms with E-state index in [0.717, 1.165) is 12.3 Å². The first-order chi connectivity index (χ1) is 13.9. The van der Waals surface area contributed by atoms with Crippen molar-refractivity contribution in [1.82, 2.24) is 10.3 Å². The van der Waals surface area contributed by atoms with Crippen LogP contribution in [0.2, 0.25) is 0 Å². The molecule has 0 unspecified atom stereocenters. The standard InChI is InChI=1S/C18H16F6N2O4/c1-11(13-7-6-12(8-25-13)29-10-17(19,20)21)26-16(27)9-28-14-4-2-3-5-15(14)30-18(22,23)24/h2-8,11H,9-10H2,1H3,(H,26,27)/t11-/m1/s1. The molecule has 0 fully saturated rings. The first-order valence-corrected chi connectivity index (χ1v) is 8.35. The Morgan fingerprint density at radius 1 is 1.03 bits per heavy atom. The lowest BCUT2D eigenvalue weighted by Gasteiger charge is -2.16. The van der Waals surface area contributed by atoms with E-state index in [1.807, 2.05) is 0 Å². The normalized spacial score (nSPS) is 12.8. The maximum Gasteiger partial charge on any atom is 0.573 e. The number of alkyl halides is 6. The molecule has 2 aromatic rings. The van der Waals surface area contributed by atoms with E-state index in [1.165, 1.54) is 30.3 Å². The molecule has 1 heterocycles. The fourth-order valence-electron chi connectivity index (χ4n) is 2.18. The molecular formula is C18H16F6N2O4. The quantitative estimate of drug-likeness (QED) is 0.627. The van der Waals surface area contributed by atoms with Gasteiger partial charge in [-0.25, -0.2) is 0 Å². The van der Waals surface area contributed by atoms with Crippen molar-refractivity contribution in [3.8, 4) is 17.2 Å². The summed E-state index contributed by atoms with van der Waals surface area (Å²) in [6.45, 7) is -0.510. The van der Waals surface area contributed by atoms with E-state index < -0.39 is 43.5 Å². The van der Waals surface area contributed by atoms with Crippen molar-refractivity contribution in [2.75, 3.05) is 13.2 Å². The third-order valence-corrected chi connectivity index (χ3v) is 3.42. The third kappa shape index (κ3) is 8.05. The lowest BCUT2D eigenvalue weighted by molar-refractivity contribution is -0.275. The highest BCUT2D eigenvalue weighted by Crippen LogP contribution is 2.31. The molecule has 0 spiro atoms. The molecule has 1 aromatic carbocycles. The van der Waals surface area contributed by atoms with E-state index >= 15 is 0 Å². The number of aromatic nitrogens is 1. The number of pyridine rings is 1. The van der Waals surface area contributed by atoms with Crippen LogP contribution in [0.5, 0.6) is 17.2 Å². The van der Waals surface area contributed by atoms with Crippen molar-refractivity contribution in [3.05, 3.63) is 48.3 Å². The molecule has 0 aliphatic carbocycles. The number of nitrogens with zero attached hydrogens (tertiary/aromatic N) is 1. The molecule has 0 aliphatic rings. The van der Waals surface area contributed by atoms with E-state index in [-0.39, 0.29) is 11.5 Å². The smallest absolute Gasteiger partial charge is 0.483 e. The highest BCUT2D eigenvalue weighted by molar-refractivity contribution is 5.78. The minimum atomic E-state index is -4.92. The number of halogens is 6. The molecule has 0 saturated heterocycles. The maximum absolute atomic E-state index is 12.4. The van der Waals surface area contributed by atoms with E-state index in [9.17, 15) is 31.1 Å². The van der Waals surface area contributed by atoms with Gasteiger partial charge in [-0.3, -0.25) is 9.78 Å². The molecule has 164 valence electrons. The molecule has 0 aliphatic heterocycles. The molecule has 0 bridgehead atoms. The lowest BCUT2D eigenvalue weighted by Crippen LogP contribution is -2.31. The second-order valence-electron chi connectivity index (χ2n) is 5.90. The van der Waals surface area contributed by atoms with E-state index in [1.54, 1.807) is 6.92 Å². The summed E-state index contributed by atoms with van der Waals surface area (Å²) in [4.78, 5) is 15.9. The highest BCUT2D eigenvalue weighted by atomic mass is 19.4. The Labute approximate surface area is 166 Å². The fourth-order valence-corrected chi connectivity index (χ4v) is 2.18. The third-order valence-electron chi connectivity index (χ3n) is 3.42. The number of carbonyl (C=O) groups is 1. The van der Waals surface area contributed by atoms with Gasteiger partial charge in [-0.1, -0.05) is 12.1 Å². The van der Waals surface area contributed by atoms with Crippen LogP contribution in [0.3, 0.4) is 0 Å². The van der Waals surface area contributed by atoms with Gasteiger partial charge in [0.2, 0.25) is 0 Å². The zero-order valence-electron chi connectivity index (χ0n) is 15.4. The van der Waals surface area contributed by atoms with Crippen LogP contribution < -0.4 is 19.5 Å². The van der Waals surface area contributed by atoms with Gasteiger partial charge in [-0.05, 0) is 31.2 Å². The minimum absolute atomic E-state index is 0.0980. The average molecular weight is 438 g/mol. The molecule has 0 saturated carbocycles. The van der Waals surface area contributed by atoms with Gasteiger partial charge in [0, 0.05) is 0 Å². The Hall–Kier alpha value is -3.18. The molecule has 1 amide bonds. The molecule has 1 atom stereocenters. The summed E-state index contributed by atoms with van der Waals surface area (Å²) in [7, 11) is 0. The lowest BCUT2D eigenvalue weighted by atomic mass is 10.2. The number of benzene rings is 1. The van der Waals surface area contributed by atoms with Gasteiger partial charge >= 0.3 is 12.5 Å². The minimum Gasteiger partial charge on any atom is -0.483 e. The maximum atomic E-state index is 12.4. The Morgan fingerprint density at radius 3 is 2.27 bits per heavy atom. The van der Waals surface area contributed by atoms with Crippen molar-refractivity contribution in [2.24, 2.45) is 0 Å². The molecule has 30 heavy (non-hydrogen) atoms. The molecular weight excluding hydrogens is 422 g/mol. The second kappa shape index (κ2) is 9.55. The van der Waals surface area contributed by atoms with Crippen molar-refractivity contribution >= 4 is 5.91 Å². The van der Waals surface area contributed by atoms with Gasteiger partial charge in [0.25, 0.3) is 5.91 Å². The predicted molar refractivity (Wildman–Crippen MR) is 91.0 cm³/mol. The first-order valence-electron chi connectivity index (χ1n) is 8.35. The van der Waals surface area contributed by atoms with Crippen LogP contribution in [0.25, 0.3) is 0 Å². The second-order valence-corrected chi connectivity index (χ2v) is 5.90. The monoisotopic (exact) mass is 438 g/mol. The number of rotatable bonds is 8. The van der Waals surface area contributed by atoms with Crippen LogP contribution in [0, 0.1) is 0 Å². The number of ether oxygens (including phenoxy) is 3. The molecule has 12 heteroatoms. The average Bonchev–Trinajstić information content (AvgIpc) is 2.64. The van der Waals surface area contributed by atoms with Gasteiger partial charge in [-0.15, -0.1) is 13.2 Å². The first kappa shape index (κ1) is 23.1. The molecule has 6 nitrogen and oxygen atoms in total. The zero-order chi connectivity index (χ0) is 22.4. The van der Waals surface area contributed by atoms with Gasteiger partial charge in [-0.2, -0.15) is 13.2 Å². The summed E-state index contributed by atoms with van der Waals surface area (Å²) in [5.41, 5.74) is 0.323. The van der Waals surface area contributed by atoms with Gasteiger partial charge in [0.1, 0.15) is 5.75 Å². The van der Waals surface area contributed by atoms with Crippen molar-refractivity contribution in [3.63, 3.8) is 0 Å². The van der Waals surface area contributed by atoms with Gasteiger partial charge in [0.05, 0.1) is 17.9 Å². The Morgan fingerprint density at radius 2 is 1.70 bits per heavy atom. The van der Waals surface area contributed by atoms with Crippen LogP contribution in [-0.2, 0) is 4.79 Å². The number of para-hydroxylation sites is 2. The van der Waals surface area contributed by atoms with Crippen LogP contribution in [0.4, 0.5) is 26.3 Å². The summed E-state index contributed by atoms with van der Waals surface area (Å²) in [6.07, 6.45) is -8.33. The Kier molecular flexibility index (Phi) is 7.35. The van der Waals surface area contributed by atoms with Crippen molar-refractivity contribution < 1.29 is 45.3 Å². The Balaban J connectivity index is 1.88. The summed E-state index contributed by atoms with van der Waals surface area (Å²) >= 11 is 0. The number of carbonyl (C=O) groups excluding carboxylic acids is 1. The summed E-state index contributed by atoms with van der Waals surface area (Å²) < 4.78 is 87.0. The molecule has 1 N–H and O–H groups in total. The molecule has 2 rings (SSSR count). The van der Waals surface area contributed by atoms with E-state index in [4.69, 9.17) is 4.74 Å². The van der Waals surface area contributed by atoms with Crippen LogP contribution >= 0.6 is 0 Å². The van der Waals surface area contributed by atoms with E-state index in [0.29, 0.717) is 5.69 Å². The molecule has 0 radical (unpaired) electrons. The highest BCUT2D eigenvalue weighted by Gasteiger charge is 2.32. The number of nitrogens with one attached hydrogen (secondary N) is 1. The predicted octanol–water partition coefficient (Wildman–Crippen LogP) is 4.18. The largest absolute Gasteiger partial charge is 0.573 e. The Bertz CT molecular complexity index is 840. The zero-order valence-corrected chi connectivity index (χ0v) is 15.4. The van der Waals surface area contributed by atoms with Crippen LogP contribution in [0.1, 0.15) is 18.7 Å². The number of amides is 1. The number of hydrogen-bond donors (Lipinski definition) is 1. The van der Waals surface area contributed by atoms with Crippen molar-refractivity contribution in [2.45, 2.75) is 25.5 Å². The summed E-state index contributed by atoms with van der Waals surface area (Å²) in [6, 6.07) is 6.94. The molecule has 1 aromatic heterocycles. The van der Waals surface area contributed by atoms with Crippen LogP contribution in [-0.4, -0.2) is 36.6 Å². The van der Waals surface area contributed by atoms with Crippen molar-refractivity contribution in [1.29, 1.82) is 0 Å². The topological polar surface area (TPSA) is 69.7 Å². The SMILES string of the molecule is C[C@@H](NC(=O)COc1ccccc1OC(F)(F)F)c1ccc(OCC(F)(F)F)cn1. The van der Waals surface area contributed by atoms with E-state index in [2.05, 4.69) is 19.8 Å². The summed E-state index contributed by atoms with van der Waals surface area (Å²) in [5.74, 6) is -1.63. The van der Waals surface area contributed by atoms with Crippen LogP contribution in [0.15, 0.2) is 42.6 Å².